The molecule has 2 rings (SSSR count). The maximum Gasteiger partial charge on any atom is 0.273 e. The van der Waals surface area contributed by atoms with Crippen LogP contribution < -0.4 is 4.74 Å². The van der Waals surface area contributed by atoms with Crippen LogP contribution in [0.3, 0.4) is 0 Å². The van der Waals surface area contributed by atoms with Crippen molar-refractivity contribution in [3.05, 3.63) is 33.3 Å². The molecule has 0 N–H and O–H groups in total. The fourth-order valence-corrected chi connectivity index (χ4v) is 2.24. The molecule has 1 fully saturated rings. The molecule has 20 heavy (non-hydrogen) atoms. The largest absolute Gasteiger partial charge is 0.490 e. The lowest BCUT2D eigenvalue weighted by Gasteiger charge is -2.32. The fourth-order valence-electron chi connectivity index (χ4n) is 2.07. The summed E-state index contributed by atoms with van der Waals surface area (Å²) in [4.78, 5) is 14.9. The van der Waals surface area contributed by atoms with Gasteiger partial charge in [0.25, 0.3) is 5.69 Å². The van der Waals surface area contributed by atoms with E-state index in [1.54, 1.807) is 0 Å². The van der Waals surface area contributed by atoms with Crippen LogP contribution in [0.15, 0.2) is 18.2 Å². The Morgan fingerprint density at radius 1 is 1.35 bits per heavy atom. The summed E-state index contributed by atoms with van der Waals surface area (Å²) in [5.74, 6) is 0.370. The first-order valence-electron chi connectivity index (χ1n) is 6.54. The molecule has 1 saturated heterocycles. The Morgan fingerprint density at radius 2 is 2.05 bits per heavy atom. The second kappa shape index (κ2) is 6.88. The van der Waals surface area contributed by atoms with Crippen LogP contribution in [0, 0.1) is 10.1 Å². The third-order valence-electron chi connectivity index (χ3n) is 3.39. The van der Waals surface area contributed by atoms with E-state index < -0.39 is 4.92 Å². The molecule has 0 spiro atoms. The summed E-state index contributed by atoms with van der Waals surface area (Å²) in [6, 6.07) is 4.23. The molecule has 6 nitrogen and oxygen atoms in total. The Labute approximate surface area is 123 Å². The highest BCUT2D eigenvalue weighted by molar-refractivity contribution is 6.32. The number of nitro groups is 1. The van der Waals surface area contributed by atoms with E-state index in [-0.39, 0.29) is 5.69 Å². The third kappa shape index (κ3) is 4.06. The van der Waals surface area contributed by atoms with Gasteiger partial charge < -0.3 is 9.64 Å². The number of halogens is 1. The van der Waals surface area contributed by atoms with Gasteiger partial charge in [0.1, 0.15) is 12.4 Å². The van der Waals surface area contributed by atoms with Crippen molar-refractivity contribution in [3.63, 3.8) is 0 Å². The SMILES string of the molecule is CN1CCN(CCOc2cc([N+](=O)[O-])ccc2Cl)CC1. The van der Waals surface area contributed by atoms with Crippen LogP contribution in [-0.2, 0) is 0 Å². The lowest BCUT2D eigenvalue weighted by Crippen LogP contribution is -2.45. The van der Waals surface area contributed by atoms with E-state index in [1.165, 1.54) is 18.2 Å². The van der Waals surface area contributed by atoms with Crippen molar-refractivity contribution in [2.24, 2.45) is 0 Å². The van der Waals surface area contributed by atoms with Gasteiger partial charge in [0.15, 0.2) is 0 Å². The van der Waals surface area contributed by atoms with Gasteiger partial charge in [-0.1, -0.05) is 11.6 Å². The number of rotatable bonds is 5. The average molecular weight is 300 g/mol. The minimum Gasteiger partial charge on any atom is -0.490 e. The number of nitro benzene ring substituents is 1. The van der Waals surface area contributed by atoms with Crippen LogP contribution >= 0.6 is 11.6 Å². The van der Waals surface area contributed by atoms with E-state index in [0.717, 1.165) is 32.7 Å². The predicted molar refractivity (Wildman–Crippen MR) is 77.5 cm³/mol. The summed E-state index contributed by atoms with van der Waals surface area (Å²) in [6.07, 6.45) is 0. The van der Waals surface area contributed by atoms with Crippen LogP contribution in [0.5, 0.6) is 5.75 Å². The molecular weight excluding hydrogens is 282 g/mol. The molecule has 110 valence electrons. The van der Waals surface area contributed by atoms with Crippen LogP contribution in [0.1, 0.15) is 0 Å². The fraction of sp³-hybridized carbons (Fsp3) is 0.538. The Kier molecular flexibility index (Phi) is 5.17. The molecule has 0 atom stereocenters. The van der Waals surface area contributed by atoms with Gasteiger partial charge in [0.05, 0.1) is 16.0 Å². The predicted octanol–water partition coefficient (Wildman–Crippen LogP) is 1.87. The number of benzene rings is 1. The molecule has 0 aliphatic carbocycles. The Hall–Kier alpha value is -1.37. The topological polar surface area (TPSA) is 58.8 Å². The second-order valence-corrected chi connectivity index (χ2v) is 5.27. The molecular formula is C13H18ClN3O3. The first-order valence-corrected chi connectivity index (χ1v) is 6.91. The summed E-state index contributed by atoms with van der Waals surface area (Å²) < 4.78 is 5.57. The normalized spacial score (nSPS) is 17.1. The van der Waals surface area contributed by atoms with E-state index in [2.05, 4.69) is 16.8 Å². The van der Waals surface area contributed by atoms with Crippen molar-refractivity contribution in [2.45, 2.75) is 0 Å². The average Bonchev–Trinajstić information content (AvgIpc) is 2.43. The maximum atomic E-state index is 10.7. The minimum atomic E-state index is -0.455. The molecule has 0 aromatic heterocycles. The number of non-ortho nitro benzene ring substituents is 1. The Bertz CT molecular complexity index is 476. The van der Waals surface area contributed by atoms with Gasteiger partial charge in [0.2, 0.25) is 0 Å². The lowest BCUT2D eigenvalue weighted by molar-refractivity contribution is -0.384. The molecule has 1 aromatic rings. The standard InChI is InChI=1S/C13H18ClN3O3/c1-15-4-6-16(7-5-15)8-9-20-13-10-11(17(18)19)2-3-12(13)14/h2-3,10H,4-9H2,1H3. The van der Waals surface area contributed by atoms with Crippen molar-refractivity contribution in [3.8, 4) is 5.75 Å². The van der Waals surface area contributed by atoms with Crippen molar-refractivity contribution >= 4 is 17.3 Å². The number of nitrogens with zero attached hydrogens (tertiary/aromatic N) is 3. The van der Waals surface area contributed by atoms with E-state index in [1.807, 2.05) is 0 Å². The third-order valence-corrected chi connectivity index (χ3v) is 3.70. The maximum absolute atomic E-state index is 10.7. The summed E-state index contributed by atoms with van der Waals surface area (Å²) >= 11 is 5.97. The number of ether oxygens (including phenoxy) is 1. The highest BCUT2D eigenvalue weighted by Gasteiger charge is 2.14. The van der Waals surface area contributed by atoms with Crippen LogP contribution in [0.2, 0.25) is 5.02 Å². The van der Waals surface area contributed by atoms with Gasteiger partial charge >= 0.3 is 0 Å². The van der Waals surface area contributed by atoms with Gasteiger partial charge in [-0.25, -0.2) is 0 Å². The quantitative estimate of drug-likeness (QED) is 0.614. The zero-order valence-corrected chi connectivity index (χ0v) is 12.2. The van der Waals surface area contributed by atoms with Crippen molar-refractivity contribution in [1.29, 1.82) is 0 Å². The van der Waals surface area contributed by atoms with Crippen molar-refractivity contribution in [1.82, 2.24) is 9.80 Å². The van der Waals surface area contributed by atoms with E-state index in [9.17, 15) is 10.1 Å². The van der Waals surface area contributed by atoms with Crippen molar-refractivity contribution in [2.75, 3.05) is 46.4 Å². The van der Waals surface area contributed by atoms with Crippen LogP contribution in [-0.4, -0.2) is 61.1 Å². The number of hydrogen-bond acceptors (Lipinski definition) is 5. The molecule has 0 saturated carbocycles. The van der Waals surface area contributed by atoms with Gasteiger partial charge in [0, 0.05) is 38.8 Å². The number of likely N-dealkylation sites (N-methyl/N-ethyl adjacent to an activating group) is 1. The first kappa shape index (κ1) is 15.0. The van der Waals surface area contributed by atoms with Crippen LogP contribution in [0.25, 0.3) is 0 Å². The lowest BCUT2D eigenvalue weighted by atomic mass is 10.3. The van der Waals surface area contributed by atoms with Gasteiger partial charge in [-0.15, -0.1) is 0 Å². The highest BCUT2D eigenvalue weighted by Crippen LogP contribution is 2.28. The minimum absolute atomic E-state index is 0.0102. The summed E-state index contributed by atoms with van der Waals surface area (Å²) in [6.45, 7) is 5.41. The molecule has 1 aliphatic rings. The van der Waals surface area contributed by atoms with E-state index in [0.29, 0.717) is 17.4 Å². The Balaban J connectivity index is 1.84. The summed E-state index contributed by atoms with van der Waals surface area (Å²) in [5.41, 5.74) is -0.0102. The zero-order valence-electron chi connectivity index (χ0n) is 11.4. The van der Waals surface area contributed by atoms with E-state index >= 15 is 0 Å². The second-order valence-electron chi connectivity index (χ2n) is 4.87. The smallest absolute Gasteiger partial charge is 0.273 e. The highest BCUT2D eigenvalue weighted by atomic mass is 35.5. The van der Waals surface area contributed by atoms with Crippen molar-refractivity contribution < 1.29 is 9.66 Å². The van der Waals surface area contributed by atoms with Crippen LogP contribution in [0.4, 0.5) is 5.69 Å². The summed E-state index contributed by atoms with van der Waals surface area (Å²) in [5, 5.41) is 11.1. The number of hydrogen-bond donors (Lipinski definition) is 0. The monoisotopic (exact) mass is 299 g/mol. The zero-order chi connectivity index (χ0) is 14.5. The molecule has 0 unspecified atom stereocenters. The molecule has 1 aliphatic heterocycles. The Morgan fingerprint density at radius 3 is 2.70 bits per heavy atom. The van der Waals surface area contributed by atoms with E-state index in [4.69, 9.17) is 16.3 Å². The molecule has 7 heteroatoms. The number of piperazine rings is 1. The summed E-state index contributed by atoms with van der Waals surface area (Å²) in [7, 11) is 2.11. The molecule has 1 aromatic carbocycles. The molecule has 0 radical (unpaired) electrons. The first-order chi connectivity index (χ1) is 9.56. The van der Waals surface area contributed by atoms with Gasteiger partial charge in [-0.05, 0) is 13.1 Å². The molecule has 0 amide bonds. The van der Waals surface area contributed by atoms with Gasteiger partial charge in [-0.2, -0.15) is 0 Å². The molecule has 0 bridgehead atoms. The van der Waals surface area contributed by atoms with Gasteiger partial charge in [-0.3, -0.25) is 15.0 Å². The molecule has 1 heterocycles.